The van der Waals surface area contributed by atoms with E-state index < -0.39 is 0 Å². The Hall–Kier alpha value is -3.21. The summed E-state index contributed by atoms with van der Waals surface area (Å²) < 4.78 is 0. The first kappa shape index (κ1) is 14.2. The molecular weight excluding hydrogens is 270 g/mol. The fourth-order valence-electron chi connectivity index (χ4n) is 1.56. The highest BCUT2D eigenvalue weighted by Crippen LogP contribution is 2.12. The molecule has 8 nitrogen and oxygen atoms in total. The van der Waals surface area contributed by atoms with Gasteiger partial charge in [-0.15, -0.1) is 10.2 Å². The van der Waals surface area contributed by atoms with Crippen molar-refractivity contribution >= 4 is 17.2 Å². The van der Waals surface area contributed by atoms with E-state index in [-0.39, 0.29) is 17.3 Å². The summed E-state index contributed by atoms with van der Waals surface area (Å²) in [5.41, 5.74) is 1.56. The maximum atomic E-state index is 11.6. The van der Waals surface area contributed by atoms with Crippen molar-refractivity contribution in [3.05, 3.63) is 41.9 Å². The van der Waals surface area contributed by atoms with E-state index in [1.165, 1.54) is 6.20 Å². The molecule has 0 atom stereocenters. The first-order chi connectivity index (χ1) is 10.2. The van der Waals surface area contributed by atoms with Gasteiger partial charge in [0, 0.05) is 24.0 Å². The minimum Gasteiger partial charge on any atom is -0.360 e. The zero-order valence-electron chi connectivity index (χ0n) is 11.3. The summed E-state index contributed by atoms with van der Waals surface area (Å²) in [5.74, 6) is 0.0908. The number of nitriles is 1. The molecule has 0 fully saturated rings. The molecule has 2 aromatic rings. The second-order valence-electron chi connectivity index (χ2n) is 3.99. The lowest BCUT2D eigenvalue weighted by Crippen LogP contribution is -2.22. The quantitative estimate of drug-likeness (QED) is 0.702. The lowest BCUT2D eigenvalue weighted by molar-refractivity contribution is 0.0956. The number of allylic oxidation sites excluding steroid dienone is 1. The highest BCUT2D eigenvalue weighted by Gasteiger charge is 2.06. The van der Waals surface area contributed by atoms with E-state index in [4.69, 9.17) is 5.26 Å². The third-order valence-electron chi connectivity index (χ3n) is 2.57. The van der Waals surface area contributed by atoms with Crippen molar-refractivity contribution in [1.82, 2.24) is 25.9 Å². The van der Waals surface area contributed by atoms with Crippen LogP contribution in [0, 0.1) is 11.3 Å². The summed E-state index contributed by atoms with van der Waals surface area (Å²) in [6, 6.07) is 8.85. The molecule has 0 aliphatic heterocycles. The van der Waals surface area contributed by atoms with Crippen LogP contribution in [0.25, 0.3) is 5.57 Å². The monoisotopic (exact) mass is 283 g/mol. The van der Waals surface area contributed by atoms with E-state index in [9.17, 15) is 4.79 Å². The number of hydrogen-bond donors (Lipinski definition) is 3. The predicted molar refractivity (Wildman–Crippen MR) is 75.8 cm³/mol. The zero-order chi connectivity index (χ0) is 15.1. The van der Waals surface area contributed by atoms with Crippen LogP contribution in [0.5, 0.6) is 0 Å². The van der Waals surface area contributed by atoms with Gasteiger partial charge in [-0.25, -0.2) is 0 Å². The van der Waals surface area contributed by atoms with Gasteiger partial charge >= 0.3 is 0 Å². The number of anilines is 1. The molecule has 0 unspecified atom stereocenters. The zero-order valence-corrected chi connectivity index (χ0v) is 11.3. The van der Waals surface area contributed by atoms with Gasteiger partial charge in [0.1, 0.15) is 11.6 Å². The molecule has 0 saturated carbocycles. The Balaban J connectivity index is 2.07. The normalized spacial score (nSPS) is 10.8. The van der Waals surface area contributed by atoms with E-state index in [0.717, 1.165) is 5.69 Å². The molecule has 1 aromatic carbocycles. The number of carbonyl (C=O) groups is 1. The molecule has 8 heteroatoms. The van der Waals surface area contributed by atoms with Crippen LogP contribution >= 0.6 is 0 Å². The van der Waals surface area contributed by atoms with Crippen LogP contribution in [0.3, 0.4) is 0 Å². The maximum Gasteiger partial charge on any atom is 0.251 e. The Bertz CT molecular complexity index is 668. The summed E-state index contributed by atoms with van der Waals surface area (Å²) in [4.78, 5) is 11.6. The van der Waals surface area contributed by atoms with Crippen molar-refractivity contribution in [2.75, 3.05) is 11.9 Å². The van der Waals surface area contributed by atoms with Gasteiger partial charge < -0.3 is 10.6 Å². The number of aromatic amines is 1. The van der Waals surface area contributed by atoms with Gasteiger partial charge in [-0.1, -0.05) is 0 Å². The van der Waals surface area contributed by atoms with Crippen molar-refractivity contribution < 1.29 is 4.79 Å². The molecule has 2 rings (SSSR count). The molecule has 106 valence electrons. The number of carbonyl (C=O) groups excluding carboxylic acids is 1. The summed E-state index contributed by atoms with van der Waals surface area (Å²) in [7, 11) is 0. The molecule has 0 bridgehead atoms. The molecule has 0 spiro atoms. The predicted octanol–water partition coefficient (Wildman–Crippen LogP) is 0.926. The van der Waals surface area contributed by atoms with Gasteiger partial charge in [0.05, 0.1) is 0 Å². The number of nitrogens with zero attached hydrogens (tertiary/aromatic N) is 4. The van der Waals surface area contributed by atoms with E-state index in [2.05, 4.69) is 31.3 Å². The second-order valence-corrected chi connectivity index (χ2v) is 3.99. The Labute approximate surface area is 120 Å². The lowest BCUT2D eigenvalue weighted by atomic mass is 10.2. The lowest BCUT2D eigenvalue weighted by Gasteiger charge is -2.04. The van der Waals surface area contributed by atoms with Crippen LogP contribution in [0.4, 0.5) is 5.69 Å². The molecule has 1 amide bonds. The first-order valence-electron chi connectivity index (χ1n) is 6.23. The number of nitrogens with one attached hydrogen (secondary N) is 3. The standard InChI is InChI=1S/C13H13N7O/c1-2-15-13(21)9-3-5-11(6-4-9)16-8-10(7-14)12-17-19-20-18-12/h3-6,8,16H,2H2,1H3,(H,15,21)(H,17,18,19,20). The van der Waals surface area contributed by atoms with Gasteiger partial charge in [-0.3, -0.25) is 4.79 Å². The Morgan fingerprint density at radius 3 is 2.76 bits per heavy atom. The van der Waals surface area contributed by atoms with Crippen LogP contribution in [0.1, 0.15) is 23.1 Å². The molecule has 1 aromatic heterocycles. The van der Waals surface area contributed by atoms with Crippen LogP contribution in [-0.4, -0.2) is 33.1 Å². The smallest absolute Gasteiger partial charge is 0.251 e. The number of hydrogen-bond acceptors (Lipinski definition) is 6. The summed E-state index contributed by atoms with van der Waals surface area (Å²) in [6.45, 7) is 2.44. The number of rotatable bonds is 5. The van der Waals surface area contributed by atoms with E-state index in [1.807, 2.05) is 13.0 Å². The topological polar surface area (TPSA) is 119 Å². The van der Waals surface area contributed by atoms with Crippen molar-refractivity contribution in [1.29, 1.82) is 5.26 Å². The largest absolute Gasteiger partial charge is 0.360 e. The number of aromatic nitrogens is 4. The Morgan fingerprint density at radius 1 is 1.43 bits per heavy atom. The number of H-pyrrole nitrogens is 1. The van der Waals surface area contributed by atoms with Gasteiger partial charge in [0.25, 0.3) is 5.91 Å². The number of amides is 1. The molecule has 1 heterocycles. The minimum absolute atomic E-state index is 0.121. The van der Waals surface area contributed by atoms with Crippen LogP contribution in [-0.2, 0) is 0 Å². The molecule has 0 aliphatic rings. The van der Waals surface area contributed by atoms with Crippen molar-refractivity contribution in [2.45, 2.75) is 6.92 Å². The highest BCUT2D eigenvalue weighted by molar-refractivity contribution is 5.94. The third-order valence-corrected chi connectivity index (χ3v) is 2.57. The Morgan fingerprint density at radius 2 is 2.19 bits per heavy atom. The van der Waals surface area contributed by atoms with Crippen molar-refractivity contribution in [3.8, 4) is 6.07 Å². The number of benzene rings is 1. The van der Waals surface area contributed by atoms with E-state index in [1.54, 1.807) is 24.3 Å². The average molecular weight is 283 g/mol. The summed E-state index contributed by atoms with van der Waals surface area (Å²) in [5, 5.41) is 27.8. The van der Waals surface area contributed by atoms with Gasteiger partial charge in [0.2, 0.25) is 5.82 Å². The summed E-state index contributed by atoms with van der Waals surface area (Å²) >= 11 is 0. The van der Waals surface area contributed by atoms with Crippen LogP contribution < -0.4 is 10.6 Å². The number of tetrazole rings is 1. The van der Waals surface area contributed by atoms with Crippen LogP contribution in [0.2, 0.25) is 0 Å². The SMILES string of the molecule is CCNC(=O)c1ccc(NC=C(C#N)c2nn[nH]n2)cc1. The molecular formula is C13H13N7O. The third kappa shape index (κ3) is 3.63. The minimum atomic E-state index is -0.121. The highest BCUT2D eigenvalue weighted by atomic mass is 16.1. The molecule has 0 saturated heterocycles. The first-order valence-corrected chi connectivity index (χ1v) is 6.23. The fraction of sp³-hybridized carbons (Fsp3) is 0.154. The second kappa shape index (κ2) is 6.81. The fourth-order valence-corrected chi connectivity index (χ4v) is 1.56. The van der Waals surface area contributed by atoms with Gasteiger partial charge in [-0.05, 0) is 36.4 Å². The Kier molecular flexibility index (Phi) is 4.61. The molecule has 0 radical (unpaired) electrons. The van der Waals surface area contributed by atoms with Gasteiger partial charge in [-0.2, -0.15) is 10.5 Å². The van der Waals surface area contributed by atoms with Crippen molar-refractivity contribution in [2.24, 2.45) is 0 Å². The molecule has 0 aliphatic carbocycles. The van der Waals surface area contributed by atoms with Crippen LogP contribution in [0.15, 0.2) is 30.5 Å². The summed E-state index contributed by atoms with van der Waals surface area (Å²) in [6.07, 6.45) is 1.48. The van der Waals surface area contributed by atoms with Gasteiger partial charge in [0.15, 0.2) is 0 Å². The van der Waals surface area contributed by atoms with E-state index in [0.29, 0.717) is 12.1 Å². The van der Waals surface area contributed by atoms with E-state index >= 15 is 0 Å². The molecule has 3 N–H and O–H groups in total. The van der Waals surface area contributed by atoms with Crippen molar-refractivity contribution in [3.63, 3.8) is 0 Å². The molecule has 21 heavy (non-hydrogen) atoms. The average Bonchev–Trinajstić information content (AvgIpc) is 3.03. The maximum absolute atomic E-state index is 11.6.